The topological polar surface area (TPSA) is 131 Å². The Bertz CT molecular complexity index is 877. The first-order chi connectivity index (χ1) is 16.5. The van der Waals surface area contributed by atoms with Crippen molar-refractivity contribution in [2.45, 2.75) is 18.4 Å². The maximum absolute atomic E-state index is 9.55. The summed E-state index contributed by atoms with van der Waals surface area (Å²) in [4.78, 5) is 27.9. The maximum Gasteiger partial charge on any atom is 0.328 e. The highest BCUT2D eigenvalue weighted by Crippen LogP contribution is 2.34. The SMILES string of the molecule is O=C(O)/C=C/C(=O)O.c1cncc(C2(c3cccnc3)CCN(N3CCCNCC3)CCN2)c1. The summed E-state index contributed by atoms with van der Waals surface area (Å²) < 4.78 is 0. The number of rotatable bonds is 5. The molecule has 2 fully saturated rings. The van der Waals surface area contributed by atoms with Crippen molar-refractivity contribution in [3.63, 3.8) is 0 Å². The third kappa shape index (κ3) is 7.16. The molecule has 0 radical (unpaired) electrons. The highest BCUT2D eigenvalue weighted by atomic mass is 16.4. The Morgan fingerprint density at radius 1 is 0.853 bits per heavy atom. The molecule has 0 saturated carbocycles. The van der Waals surface area contributed by atoms with Crippen molar-refractivity contribution < 1.29 is 19.8 Å². The molecule has 0 aromatic carbocycles. The van der Waals surface area contributed by atoms with Gasteiger partial charge in [-0.1, -0.05) is 12.1 Å². The summed E-state index contributed by atoms with van der Waals surface area (Å²) >= 11 is 0. The van der Waals surface area contributed by atoms with E-state index in [1.807, 2.05) is 36.9 Å². The number of hydrazine groups is 1. The first-order valence-electron chi connectivity index (χ1n) is 11.4. The number of hydrogen-bond donors (Lipinski definition) is 4. The first-order valence-corrected chi connectivity index (χ1v) is 11.4. The molecule has 0 amide bonds. The molecule has 10 heteroatoms. The van der Waals surface area contributed by atoms with E-state index in [1.54, 1.807) is 0 Å². The lowest BCUT2D eigenvalue weighted by Crippen LogP contribution is -2.46. The molecular formula is C24H32N6O4. The number of hydrogen-bond acceptors (Lipinski definition) is 8. The minimum atomic E-state index is -1.26. The summed E-state index contributed by atoms with van der Waals surface area (Å²) in [6.07, 6.45) is 11.0. The second-order valence-electron chi connectivity index (χ2n) is 8.09. The highest BCUT2D eigenvalue weighted by Gasteiger charge is 2.37. The van der Waals surface area contributed by atoms with Crippen LogP contribution in [0.4, 0.5) is 0 Å². The van der Waals surface area contributed by atoms with Gasteiger partial charge >= 0.3 is 11.9 Å². The maximum atomic E-state index is 9.55. The van der Waals surface area contributed by atoms with Crippen molar-refractivity contribution in [1.82, 2.24) is 30.6 Å². The van der Waals surface area contributed by atoms with Crippen LogP contribution in [0.25, 0.3) is 0 Å². The van der Waals surface area contributed by atoms with E-state index < -0.39 is 11.9 Å². The van der Waals surface area contributed by atoms with E-state index in [0.717, 1.165) is 52.2 Å². The fourth-order valence-corrected chi connectivity index (χ4v) is 4.32. The molecule has 2 aliphatic rings. The number of carbonyl (C=O) groups is 2. The molecule has 10 nitrogen and oxygen atoms in total. The van der Waals surface area contributed by atoms with Crippen LogP contribution < -0.4 is 10.6 Å². The molecule has 2 aromatic heterocycles. The molecule has 4 rings (SSSR count). The normalized spacial score (nSPS) is 19.4. The standard InChI is InChI=1S/C20H28N6.C4H4O4/c1-4-18(16-22-7-1)20(19-5-2-8-23-17-19)6-13-26(15-11-24-20)25-12-3-9-21-10-14-25;5-3(6)1-2-4(7)8/h1-2,4-5,7-8,16-17,21,24H,3,6,9-15H2;1-2H,(H,5,6)(H,7,8)/b;2-1+. The van der Waals surface area contributed by atoms with Gasteiger partial charge in [0, 0.05) is 76.2 Å². The number of nitrogens with zero attached hydrogens (tertiary/aromatic N) is 4. The van der Waals surface area contributed by atoms with Gasteiger partial charge in [-0.15, -0.1) is 0 Å². The van der Waals surface area contributed by atoms with Crippen LogP contribution in [0.2, 0.25) is 0 Å². The molecule has 0 spiro atoms. The molecule has 4 heterocycles. The van der Waals surface area contributed by atoms with Gasteiger partial charge in [0.1, 0.15) is 0 Å². The molecule has 0 unspecified atom stereocenters. The average Bonchev–Trinajstić information content (AvgIpc) is 3.26. The number of carboxylic acid groups (broad SMARTS) is 2. The molecule has 0 bridgehead atoms. The first kappa shape index (κ1) is 25.4. The Morgan fingerprint density at radius 3 is 2.00 bits per heavy atom. The third-order valence-corrected chi connectivity index (χ3v) is 5.94. The Labute approximate surface area is 199 Å². The lowest BCUT2D eigenvalue weighted by Gasteiger charge is -2.35. The van der Waals surface area contributed by atoms with E-state index in [4.69, 9.17) is 10.2 Å². The lowest BCUT2D eigenvalue weighted by atomic mass is 9.81. The fourth-order valence-electron chi connectivity index (χ4n) is 4.32. The van der Waals surface area contributed by atoms with Crippen LogP contribution in [0.1, 0.15) is 24.0 Å². The molecule has 4 N–H and O–H groups in total. The summed E-state index contributed by atoms with van der Waals surface area (Å²) in [5, 5.41) is 28.0. The van der Waals surface area contributed by atoms with Crippen LogP contribution in [-0.2, 0) is 15.1 Å². The predicted octanol–water partition coefficient (Wildman–Crippen LogP) is 0.938. The zero-order chi connectivity index (χ0) is 24.2. The van der Waals surface area contributed by atoms with Gasteiger partial charge in [-0.2, -0.15) is 0 Å². The number of nitrogens with one attached hydrogen (secondary N) is 2. The lowest BCUT2D eigenvalue weighted by molar-refractivity contribution is -0.134. The molecule has 182 valence electrons. The summed E-state index contributed by atoms with van der Waals surface area (Å²) in [5.74, 6) is -2.51. The molecule has 0 aliphatic carbocycles. The summed E-state index contributed by atoms with van der Waals surface area (Å²) in [6.45, 7) is 7.41. The number of aromatic nitrogens is 2. The monoisotopic (exact) mass is 468 g/mol. The largest absolute Gasteiger partial charge is 0.478 e. The molecule has 2 aliphatic heterocycles. The number of carboxylic acids is 2. The van der Waals surface area contributed by atoms with E-state index in [-0.39, 0.29) is 5.54 Å². The Morgan fingerprint density at radius 2 is 1.44 bits per heavy atom. The van der Waals surface area contributed by atoms with Crippen molar-refractivity contribution in [1.29, 1.82) is 0 Å². The molecule has 2 saturated heterocycles. The minimum Gasteiger partial charge on any atom is -0.478 e. The quantitative estimate of drug-likeness (QED) is 0.470. The van der Waals surface area contributed by atoms with Crippen LogP contribution in [0, 0.1) is 0 Å². The predicted molar refractivity (Wildman–Crippen MR) is 127 cm³/mol. The van der Waals surface area contributed by atoms with Gasteiger partial charge in [0.05, 0.1) is 5.54 Å². The van der Waals surface area contributed by atoms with Crippen molar-refractivity contribution >= 4 is 11.9 Å². The molecule has 34 heavy (non-hydrogen) atoms. The zero-order valence-electron chi connectivity index (χ0n) is 19.1. The number of aliphatic carboxylic acids is 2. The van der Waals surface area contributed by atoms with Crippen LogP contribution in [0.5, 0.6) is 0 Å². The summed E-state index contributed by atoms with van der Waals surface area (Å²) in [7, 11) is 0. The van der Waals surface area contributed by atoms with Gasteiger partial charge < -0.3 is 20.8 Å². The summed E-state index contributed by atoms with van der Waals surface area (Å²) in [5.41, 5.74) is 2.20. The Hall–Kier alpha value is -3.18. The molecular weight excluding hydrogens is 436 g/mol. The van der Waals surface area contributed by atoms with Gasteiger partial charge in [0.2, 0.25) is 0 Å². The Kier molecular flexibility index (Phi) is 9.65. The van der Waals surface area contributed by atoms with Gasteiger partial charge in [-0.25, -0.2) is 19.6 Å². The third-order valence-electron chi connectivity index (χ3n) is 5.94. The summed E-state index contributed by atoms with van der Waals surface area (Å²) in [6, 6.07) is 8.41. The van der Waals surface area contributed by atoms with Crippen molar-refractivity contribution in [3.8, 4) is 0 Å². The van der Waals surface area contributed by atoms with Crippen molar-refractivity contribution in [2.75, 3.05) is 45.8 Å². The highest BCUT2D eigenvalue weighted by molar-refractivity contribution is 5.89. The second-order valence-corrected chi connectivity index (χ2v) is 8.09. The van der Waals surface area contributed by atoms with E-state index in [2.05, 4.69) is 42.8 Å². The van der Waals surface area contributed by atoms with Crippen molar-refractivity contribution in [2.24, 2.45) is 0 Å². The van der Waals surface area contributed by atoms with Crippen molar-refractivity contribution in [3.05, 3.63) is 72.3 Å². The zero-order valence-corrected chi connectivity index (χ0v) is 19.1. The molecule has 2 aromatic rings. The number of pyridine rings is 2. The van der Waals surface area contributed by atoms with E-state index in [1.165, 1.54) is 17.5 Å². The van der Waals surface area contributed by atoms with Gasteiger partial charge in [-0.3, -0.25) is 9.97 Å². The second kappa shape index (κ2) is 12.9. The minimum absolute atomic E-state index is 0.235. The van der Waals surface area contributed by atoms with Crippen LogP contribution in [0.3, 0.4) is 0 Å². The smallest absolute Gasteiger partial charge is 0.328 e. The van der Waals surface area contributed by atoms with Crippen LogP contribution in [-0.4, -0.2) is 88.0 Å². The van der Waals surface area contributed by atoms with E-state index >= 15 is 0 Å². The fraction of sp³-hybridized carbons (Fsp3) is 0.417. The Balaban J connectivity index is 0.000000350. The average molecular weight is 469 g/mol. The van der Waals surface area contributed by atoms with Crippen LogP contribution >= 0.6 is 0 Å². The van der Waals surface area contributed by atoms with Gasteiger partial charge in [0.25, 0.3) is 0 Å². The van der Waals surface area contributed by atoms with Gasteiger partial charge in [-0.05, 0) is 42.6 Å². The molecule has 0 atom stereocenters. The van der Waals surface area contributed by atoms with E-state index in [0.29, 0.717) is 12.2 Å². The van der Waals surface area contributed by atoms with E-state index in [9.17, 15) is 9.59 Å². The van der Waals surface area contributed by atoms with Crippen LogP contribution in [0.15, 0.2) is 61.2 Å². The van der Waals surface area contributed by atoms with Gasteiger partial charge in [0.15, 0.2) is 0 Å².